The number of carbonyl (C=O) groups excluding carboxylic acids is 1. The van der Waals surface area contributed by atoms with E-state index in [4.69, 9.17) is 0 Å². The highest BCUT2D eigenvalue weighted by atomic mass is 19.1. The van der Waals surface area contributed by atoms with Gasteiger partial charge in [-0.05, 0) is 37.2 Å². The SMILES string of the molecule is CNC(CC(=O)OC)c1cc(F)ccc1C. The van der Waals surface area contributed by atoms with Crippen LogP contribution in [0.3, 0.4) is 0 Å². The number of nitrogens with one attached hydrogen (secondary N) is 1. The van der Waals surface area contributed by atoms with Crippen LogP contribution in [0.2, 0.25) is 0 Å². The topological polar surface area (TPSA) is 38.3 Å². The normalized spacial score (nSPS) is 12.2. The fourth-order valence-corrected chi connectivity index (χ4v) is 1.60. The van der Waals surface area contributed by atoms with Gasteiger partial charge >= 0.3 is 5.97 Å². The second kappa shape index (κ2) is 5.61. The summed E-state index contributed by atoms with van der Waals surface area (Å²) >= 11 is 0. The van der Waals surface area contributed by atoms with Gasteiger partial charge in [-0.3, -0.25) is 4.79 Å². The Morgan fingerprint density at radius 1 is 1.56 bits per heavy atom. The standard InChI is InChI=1S/C12H16FNO2/c1-8-4-5-9(13)6-10(8)11(14-2)7-12(15)16-3/h4-6,11,14H,7H2,1-3H3. The molecule has 16 heavy (non-hydrogen) atoms. The Kier molecular flexibility index (Phi) is 4.43. The molecule has 4 heteroatoms. The molecule has 0 aliphatic rings. The zero-order chi connectivity index (χ0) is 12.1. The van der Waals surface area contributed by atoms with E-state index in [-0.39, 0.29) is 24.2 Å². The summed E-state index contributed by atoms with van der Waals surface area (Å²) in [5.74, 6) is -0.617. The number of methoxy groups -OCH3 is 1. The van der Waals surface area contributed by atoms with Crippen molar-refractivity contribution in [2.45, 2.75) is 19.4 Å². The lowest BCUT2D eigenvalue weighted by atomic mass is 9.99. The Bertz CT molecular complexity index is 379. The third-order valence-electron chi connectivity index (χ3n) is 2.56. The fourth-order valence-electron chi connectivity index (χ4n) is 1.60. The molecule has 0 aromatic heterocycles. The van der Waals surface area contributed by atoms with E-state index in [9.17, 15) is 9.18 Å². The van der Waals surface area contributed by atoms with Crippen LogP contribution in [0.1, 0.15) is 23.6 Å². The summed E-state index contributed by atoms with van der Waals surface area (Å²) in [6, 6.07) is 4.33. The molecule has 0 fully saturated rings. The quantitative estimate of drug-likeness (QED) is 0.796. The van der Waals surface area contributed by atoms with Gasteiger partial charge in [0.05, 0.1) is 13.5 Å². The van der Waals surface area contributed by atoms with Crippen molar-refractivity contribution in [3.63, 3.8) is 0 Å². The van der Waals surface area contributed by atoms with Crippen LogP contribution in [0.25, 0.3) is 0 Å². The summed E-state index contributed by atoms with van der Waals surface area (Å²) in [6.07, 6.45) is 0.192. The first-order valence-corrected chi connectivity index (χ1v) is 5.08. The van der Waals surface area contributed by atoms with Crippen LogP contribution in [0.5, 0.6) is 0 Å². The van der Waals surface area contributed by atoms with Crippen LogP contribution in [-0.2, 0) is 9.53 Å². The Morgan fingerprint density at radius 2 is 2.25 bits per heavy atom. The average Bonchev–Trinajstić information content (AvgIpc) is 2.29. The van der Waals surface area contributed by atoms with E-state index >= 15 is 0 Å². The van der Waals surface area contributed by atoms with Crippen LogP contribution < -0.4 is 5.32 Å². The van der Waals surface area contributed by atoms with Crippen molar-refractivity contribution in [3.05, 3.63) is 35.1 Å². The lowest BCUT2D eigenvalue weighted by molar-refractivity contribution is -0.141. The second-order valence-corrected chi connectivity index (χ2v) is 3.62. The first kappa shape index (κ1) is 12.6. The van der Waals surface area contributed by atoms with E-state index in [0.29, 0.717) is 0 Å². The van der Waals surface area contributed by atoms with Gasteiger partial charge in [0.25, 0.3) is 0 Å². The number of ether oxygens (including phenoxy) is 1. The molecule has 1 rings (SSSR count). The molecule has 1 unspecified atom stereocenters. The highest BCUT2D eigenvalue weighted by molar-refractivity contribution is 5.70. The molecule has 1 N–H and O–H groups in total. The summed E-state index contributed by atoms with van der Waals surface area (Å²) in [5.41, 5.74) is 1.73. The van der Waals surface area contributed by atoms with E-state index in [1.807, 2.05) is 6.92 Å². The molecular formula is C12H16FNO2. The van der Waals surface area contributed by atoms with E-state index in [2.05, 4.69) is 10.1 Å². The third-order valence-corrected chi connectivity index (χ3v) is 2.56. The first-order valence-electron chi connectivity index (χ1n) is 5.08. The van der Waals surface area contributed by atoms with Crippen LogP contribution in [-0.4, -0.2) is 20.1 Å². The fraction of sp³-hybridized carbons (Fsp3) is 0.417. The highest BCUT2D eigenvalue weighted by Crippen LogP contribution is 2.21. The van der Waals surface area contributed by atoms with Gasteiger partial charge in [-0.25, -0.2) is 4.39 Å². The molecule has 0 bridgehead atoms. The first-order chi connectivity index (χ1) is 7.58. The molecule has 88 valence electrons. The number of aryl methyl sites for hydroxylation is 1. The van der Waals surface area contributed by atoms with E-state index in [1.54, 1.807) is 13.1 Å². The smallest absolute Gasteiger partial charge is 0.307 e. The van der Waals surface area contributed by atoms with Crippen molar-refractivity contribution < 1.29 is 13.9 Å². The summed E-state index contributed by atoms with van der Waals surface area (Å²) in [5, 5.41) is 2.98. The van der Waals surface area contributed by atoms with Gasteiger partial charge in [0.2, 0.25) is 0 Å². The zero-order valence-electron chi connectivity index (χ0n) is 9.71. The van der Waals surface area contributed by atoms with Gasteiger partial charge in [0, 0.05) is 6.04 Å². The van der Waals surface area contributed by atoms with Crippen molar-refractivity contribution in [1.29, 1.82) is 0 Å². The van der Waals surface area contributed by atoms with Gasteiger partial charge in [-0.2, -0.15) is 0 Å². The molecule has 1 atom stereocenters. The molecule has 0 saturated heterocycles. The number of halogens is 1. The summed E-state index contributed by atoms with van der Waals surface area (Å²) in [4.78, 5) is 11.2. The average molecular weight is 225 g/mol. The Hall–Kier alpha value is -1.42. The summed E-state index contributed by atoms with van der Waals surface area (Å²) in [7, 11) is 3.07. The summed E-state index contributed by atoms with van der Waals surface area (Å²) < 4.78 is 17.7. The maximum atomic E-state index is 13.1. The molecule has 0 amide bonds. The van der Waals surface area contributed by atoms with E-state index in [0.717, 1.165) is 11.1 Å². The van der Waals surface area contributed by atoms with Gasteiger partial charge in [0.15, 0.2) is 0 Å². The van der Waals surface area contributed by atoms with Crippen LogP contribution in [0.4, 0.5) is 4.39 Å². The predicted molar refractivity (Wildman–Crippen MR) is 59.6 cm³/mol. The van der Waals surface area contributed by atoms with Gasteiger partial charge in [0.1, 0.15) is 5.82 Å². The maximum absolute atomic E-state index is 13.1. The molecule has 0 saturated carbocycles. The van der Waals surface area contributed by atoms with Crippen molar-refractivity contribution in [2.75, 3.05) is 14.2 Å². The molecule has 1 aromatic carbocycles. The lowest BCUT2D eigenvalue weighted by Gasteiger charge is -2.17. The highest BCUT2D eigenvalue weighted by Gasteiger charge is 2.16. The van der Waals surface area contributed by atoms with Gasteiger partial charge in [-0.1, -0.05) is 6.07 Å². The van der Waals surface area contributed by atoms with Crippen molar-refractivity contribution >= 4 is 5.97 Å². The maximum Gasteiger partial charge on any atom is 0.307 e. The minimum Gasteiger partial charge on any atom is -0.469 e. The Labute approximate surface area is 94.6 Å². The molecule has 3 nitrogen and oxygen atoms in total. The molecule has 0 aliphatic carbocycles. The second-order valence-electron chi connectivity index (χ2n) is 3.62. The number of esters is 1. The molecule has 1 aromatic rings. The van der Waals surface area contributed by atoms with Gasteiger partial charge in [-0.15, -0.1) is 0 Å². The number of hydrogen-bond acceptors (Lipinski definition) is 3. The zero-order valence-corrected chi connectivity index (χ0v) is 9.71. The molecule has 0 aliphatic heterocycles. The van der Waals surface area contributed by atoms with Crippen molar-refractivity contribution in [1.82, 2.24) is 5.32 Å². The molecule has 0 spiro atoms. The van der Waals surface area contributed by atoms with Crippen LogP contribution in [0, 0.1) is 12.7 Å². The largest absolute Gasteiger partial charge is 0.469 e. The number of rotatable bonds is 4. The van der Waals surface area contributed by atoms with Crippen LogP contribution in [0.15, 0.2) is 18.2 Å². The van der Waals surface area contributed by atoms with Crippen molar-refractivity contribution in [2.24, 2.45) is 0 Å². The van der Waals surface area contributed by atoms with Gasteiger partial charge < -0.3 is 10.1 Å². The Balaban J connectivity index is 2.94. The van der Waals surface area contributed by atoms with E-state index in [1.165, 1.54) is 19.2 Å². The Morgan fingerprint density at radius 3 is 2.81 bits per heavy atom. The molecule has 0 heterocycles. The number of carbonyl (C=O) groups is 1. The predicted octanol–water partition coefficient (Wildman–Crippen LogP) is 1.96. The van der Waals surface area contributed by atoms with E-state index < -0.39 is 0 Å². The number of benzene rings is 1. The van der Waals surface area contributed by atoms with Crippen molar-refractivity contribution in [3.8, 4) is 0 Å². The monoisotopic (exact) mass is 225 g/mol. The van der Waals surface area contributed by atoms with Crippen LogP contribution >= 0.6 is 0 Å². The minimum atomic E-state index is -0.317. The summed E-state index contributed by atoms with van der Waals surface area (Å²) in [6.45, 7) is 1.89. The molecular weight excluding hydrogens is 209 g/mol. The number of hydrogen-bond donors (Lipinski definition) is 1. The third kappa shape index (κ3) is 3.03. The lowest BCUT2D eigenvalue weighted by Crippen LogP contribution is -2.21. The molecule has 0 radical (unpaired) electrons. The minimum absolute atomic E-state index is 0.192.